The molecule has 0 aromatic heterocycles. The summed E-state index contributed by atoms with van der Waals surface area (Å²) in [5.41, 5.74) is 0.586. The van der Waals surface area contributed by atoms with E-state index in [-0.39, 0.29) is 0 Å². The third-order valence-electron chi connectivity index (χ3n) is 4.82. The normalized spacial score (nSPS) is 47.8. The van der Waals surface area contributed by atoms with E-state index in [1.54, 1.807) is 0 Å². The van der Waals surface area contributed by atoms with Crippen LogP contribution in [-0.4, -0.2) is 36.2 Å². The first-order valence-electron chi connectivity index (χ1n) is 6.20. The van der Waals surface area contributed by atoms with Crippen molar-refractivity contribution in [3.8, 4) is 0 Å². The van der Waals surface area contributed by atoms with Gasteiger partial charge in [0.15, 0.2) is 0 Å². The fourth-order valence-corrected chi connectivity index (χ4v) is 4.06. The van der Waals surface area contributed by atoms with E-state index in [9.17, 15) is 0 Å². The average Bonchev–Trinajstić information content (AvgIpc) is 2.73. The van der Waals surface area contributed by atoms with Crippen LogP contribution in [0.25, 0.3) is 0 Å². The molecule has 0 N–H and O–H groups in total. The van der Waals surface area contributed by atoms with Crippen LogP contribution in [0.1, 0.15) is 39.0 Å². The molecule has 0 amide bonds. The quantitative estimate of drug-likeness (QED) is 0.635. The topological polar surface area (TPSA) is 12.5 Å². The Morgan fingerprint density at radius 3 is 3.29 bits per heavy atom. The van der Waals surface area contributed by atoms with Gasteiger partial charge in [0.05, 0.1) is 6.61 Å². The van der Waals surface area contributed by atoms with Crippen LogP contribution in [0.2, 0.25) is 0 Å². The monoisotopic (exact) mass is 195 g/mol. The summed E-state index contributed by atoms with van der Waals surface area (Å²) >= 11 is 0. The van der Waals surface area contributed by atoms with E-state index in [4.69, 9.17) is 4.74 Å². The van der Waals surface area contributed by atoms with Gasteiger partial charge in [-0.05, 0) is 44.6 Å². The highest BCUT2D eigenvalue weighted by atomic mass is 16.5. The van der Waals surface area contributed by atoms with E-state index >= 15 is 0 Å². The van der Waals surface area contributed by atoms with Gasteiger partial charge in [0, 0.05) is 18.2 Å². The molecule has 2 heteroatoms. The molecule has 3 aliphatic heterocycles. The Balaban J connectivity index is 1.86. The Labute approximate surface area is 86.6 Å². The number of fused-ring (bicyclic) bond motifs is 3. The zero-order valence-electron chi connectivity index (χ0n) is 9.17. The maximum absolute atomic E-state index is 5.64. The van der Waals surface area contributed by atoms with Crippen LogP contribution < -0.4 is 0 Å². The predicted molar refractivity (Wildman–Crippen MR) is 56.3 cm³/mol. The molecular weight excluding hydrogens is 174 g/mol. The highest BCUT2D eigenvalue weighted by Crippen LogP contribution is 2.49. The number of hydrogen-bond donors (Lipinski definition) is 0. The first kappa shape index (κ1) is 9.17. The van der Waals surface area contributed by atoms with E-state index in [1.807, 2.05) is 0 Å². The van der Waals surface area contributed by atoms with Gasteiger partial charge in [-0.15, -0.1) is 0 Å². The molecule has 0 aliphatic carbocycles. The van der Waals surface area contributed by atoms with Gasteiger partial charge in [0.2, 0.25) is 0 Å². The van der Waals surface area contributed by atoms with Crippen molar-refractivity contribution in [3.05, 3.63) is 0 Å². The molecule has 0 aromatic carbocycles. The van der Waals surface area contributed by atoms with Crippen LogP contribution >= 0.6 is 0 Å². The summed E-state index contributed by atoms with van der Waals surface area (Å²) < 4.78 is 5.64. The van der Waals surface area contributed by atoms with Crippen molar-refractivity contribution in [2.75, 3.05) is 19.8 Å². The van der Waals surface area contributed by atoms with Crippen LogP contribution in [-0.2, 0) is 4.74 Å². The summed E-state index contributed by atoms with van der Waals surface area (Å²) in [6.45, 7) is 5.72. The Morgan fingerprint density at radius 2 is 2.43 bits per heavy atom. The summed E-state index contributed by atoms with van der Waals surface area (Å²) in [5.74, 6) is 0.948. The molecule has 0 spiro atoms. The lowest BCUT2D eigenvalue weighted by Gasteiger charge is -2.35. The number of hydrogen-bond acceptors (Lipinski definition) is 2. The van der Waals surface area contributed by atoms with Crippen molar-refractivity contribution in [3.63, 3.8) is 0 Å². The van der Waals surface area contributed by atoms with Crippen molar-refractivity contribution in [2.24, 2.45) is 5.92 Å². The van der Waals surface area contributed by atoms with Gasteiger partial charge >= 0.3 is 0 Å². The van der Waals surface area contributed by atoms with Crippen LogP contribution in [0.4, 0.5) is 0 Å². The minimum Gasteiger partial charge on any atom is -0.380 e. The van der Waals surface area contributed by atoms with Gasteiger partial charge in [-0.2, -0.15) is 0 Å². The summed E-state index contributed by atoms with van der Waals surface area (Å²) in [7, 11) is 0. The van der Waals surface area contributed by atoms with E-state index < -0.39 is 0 Å². The van der Waals surface area contributed by atoms with Gasteiger partial charge in [0.1, 0.15) is 0 Å². The van der Waals surface area contributed by atoms with Gasteiger partial charge in [-0.3, -0.25) is 4.90 Å². The Bertz CT molecular complexity index is 230. The molecule has 0 radical (unpaired) electrons. The summed E-state index contributed by atoms with van der Waals surface area (Å²) in [6, 6.07) is 0.770. The molecule has 3 heterocycles. The third kappa shape index (κ3) is 1.10. The summed E-state index contributed by atoms with van der Waals surface area (Å²) in [5, 5.41) is 0. The highest BCUT2D eigenvalue weighted by molar-refractivity contribution is 5.07. The average molecular weight is 195 g/mol. The van der Waals surface area contributed by atoms with Crippen LogP contribution in [0.15, 0.2) is 0 Å². The van der Waals surface area contributed by atoms with Gasteiger partial charge in [-0.1, -0.05) is 6.92 Å². The Hall–Kier alpha value is -0.0800. The lowest BCUT2D eigenvalue weighted by molar-refractivity contribution is 0.00792. The predicted octanol–water partition coefficient (Wildman–Crippen LogP) is 2.04. The summed E-state index contributed by atoms with van der Waals surface area (Å²) in [4.78, 5) is 2.79. The molecule has 3 atom stereocenters. The van der Waals surface area contributed by atoms with Crippen molar-refractivity contribution in [1.29, 1.82) is 0 Å². The fraction of sp³-hybridized carbons (Fsp3) is 1.00. The van der Waals surface area contributed by atoms with Crippen molar-refractivity contribution in [1.82, 2.24) is 4.90 Å². The molecule has 3 saturated heterocycles. The molecule has 0 saturated carbocycles. The van der Waals surface area contributed by atoms with E-state index in [1.165, 1.54) is 38.6 Å². The van der Waals surface area contributed by atoms with E-state index in [0.717, 1.165) is 25.2 Å². The molecule has 3 rings (SSSR count). The second kappa shape index (κ2) is 3.21. The van der Waals surface area contributed by atoms with Crippen LogP contribution in [0.5, 0.6) is 0 Å². The zero-order chi connectivity index (χ0) is 9.60. The summed E-state index contributed by atoms with van der Waals surface area (Å²) in [6.07, 6.45) is 6.97. The molecule has 0 bridgehead atoms. The number of ether oxygens (including phenoxy) is 1. The maximum atomic E-state index is 5.64. The fourth-order valence-electron chi connectivity index (χ4n) is 4.06. The standard InChI is InChI=1S/C12H21NO/c1-2-12-5-3-6-13(12)11-9-14-7-4-10(11)8-12/h10-11H,2-9H2,1H3/t10-,11-,12-/m1/s1. The molecule has 14 heavy (non-hydrogen) atoms. The molecule has 2 nitrogen and oxygen atoms in total. The maximum Gasteiger partial charge on any atom is 0.0624 e. The van der Waals surface area contributed by atoms with Crippen molar-refractivity contribution >= 4 is 0 Å². The Morgan fingerprint density at radius 1 is 1.50 bits per heavy atom. The van der Waals surface area contributed by atoms with Gasteiger partial charge < -0.3 is 4.74 Å². The SMILES string of the molecule is CC[C@]12CCCN1[C@@H]1COCC[C@@H]1C2. The van der Waals surface area contributed by atoms with Crippen molar-refractivity contribution < 1.29 is 4.74 Å². The highest BCUT2D eigenvalue weighted by Gasteiger charge is 2.53. The largest absolute Gasteiger partial charge is 0.380 e. The molecule has 3 aliphatic rings. The van der Waals surface area contributed by atoms with Crippen LogP contribution in [0.3, 0.4) is 0 Å². The zero-order valence-corrected chi connectivity index (χ0v) is 9.17. The smallest absolute Gasteiger partial charge is 0.0624 e. The second-order valence-corrected chi connectivity index (χ2v) is 5.27. The molecule has 0 aromatic rings. The molecule has 0 unspecified atom stereocenters. The lowest BCUT2D eigenvalue weighted by atomic mass is 9.85. The van der Waals surface area contributed by atoms with E-state index in [0.29, 0.717) is 5.54 Å². The number of rotatable bonds is 1. The lowest BCUT2D eigenvalue weighted by Crippen LogP contribution is -2.45. The molecule has 3 fully saturated rings. The van der Waals surface area contributed by atoms with Crippen LogP contribution in [0, 0.1) is 5.92 Å². The first-order valence-corrected chi connectivity index (χ1v) is 6.20. The minimum absolute atomic E-state index is 0.586. The van der Waals surface area contributed by atoms with Gasteiger partial charge in [0.25, 0.3) is 0 Å². The molecule has 80 valence electrons. The Kier molecular flexibility index (Phi) is 2.10. The first-order chi connectivity index (χ1) is 6.86. The third-order valence-corrected chi connectivity index (χ3v) is 4.82. The number of nitrogens with zero attached hydrogens (tertiary/aromatic N) is 1. The minimum atomic E-state index is 0.586. The van der Waals surface area contributed by atoms with E-state index in [2.05, 4.69) is 11.8 Å². The second-order valence-electron chi connectivity index (χ2n) is 5.27. The van der Waals surface area contributed by atoms with Crippen molar-refractivity contribution in [2.45, 2.75) is 50.6 Å². The van der Waals surface area contributed by atoms with Gasteiger partial charge in [-0.25, -0.2) is 0 Å². The molecular formula is C12H21NO.